The Balaban J connectivity index is 1.31. The Labute approximate surface area is 252 Å². The highest BCUT2D eigenvalue weighted by Crippen LogP contribution is 2.35. The fourth-order valence-corrected chi connectivity index (χ4v) is 6.12. The van der Waals surface area contributed by atoms with E-state index < -0.39 is 0 Å². The minimum atomic E-state index is -0.273. The maximum Gasteiger partial charge on any atom is 0.272 e. The number of carbonyl (C=O) groups excluding carboxylic acids is 1. The lowest BCUT2D eigenvalue weighted by Gasteiger charge is -2.40. The van der Waals surface area contributed by atoms with Crippen LogP contribution in [0.1, 0.15) is 76.7 Å². The van der Waals surface area contributed by atoms with Gasteiger partial charge < -0.3 is 34.5 Å². The number of amides is 1. The zero-order valence-corrected chi connectivity index (χ0v) is 26.5. The molecule has 0 aliphatic carbocycles. The minimum Gasteiger partial charge on any atom is -0.481 e. The maximum absolute atomic E-state index is 13.5. The van der Waals surface area contributed by atoms with Crippen molar-refractivity contribution in [2.45, 2.75) is 90.1 Å². The Morgan fingerprint density at radius 3 is 2.62 bits per heavy atom. The summed E-state index contributed by atoms with van der Waals surface area (Å²) in [4.78, 5) is 19.9. The van der Waals surface area contributed by atoms with E-state index in [0.29, 0.717) is 49.8 Å². The number of likely N-dealkylation sites (tertiary alicyclic amines) is 1. The zero-order chi connectivity index (χ0) is 30.1. The fraction of sp³-hybridized carbons (Fsp3) is 0.697. The first kappa shape index (κ1) is 32.5. The molecule has 1 aromatic heterocycles. The average molecular weight is 585 g/mol. The molecule has 3 aliphatic heterocycles. The summed E-state index contributed by atoms with van der Waals surface area (Å²) >= 11 is 0. The first-order valence-electron chi connectivity index (χ1n) is 15.6. The summed E-state index contributed by atoms with van der Waals surface area (Å²) in [7, 11) is 3.34. The Morgan fingerprint density at radius 1 is 1.12 bits per heavy atom. The van der Waals surface area contributed by atoms with Gasteiger partial charge in [0.15, 0.2) is 0 Å². The fourth-order valence-electron chi connectivity index (χ4n) is 6.12. The third-order valence-corrected chi connectivity index (χ3v) is 9.07. The molecule has 0 radical (unpaired) electrons. The molecule has 1 unspecified atom stereocenters. The molecule has 3 saturated heterocycles. The highest BCUT2D eigenvalue weighted by molar-refractivity contribution is 5.93. The smallest absolute Gasteiger partial charge is 0.272 e. The number of allylic oxidation sites excluding steroid dienone is 3. The summed E-state index contributed by atoms with van der Waals surface area (Å²) in [6.45, 7) is 13.0. The summed E-state index contributed by atoms with van der Waals surface area (Å²) in [6, 6.07) is 4.08. The number of piperidine rings is 1. The van der Waals surface area contributed by atoms with Gasteiger partial charge in [-0.3, -0.25) is 4.79 Å². The van der Waals surface area contributed by atoms with Crippen molar-refractivity contribution in [1.29, 1.82) is 0 Å². The van der Waals surface area contributed by atoms with E-state index in [2.05, 4.69) is 55.5 Å². The van der Waals surface area contributed by atoms with E-state index in [0.717, 1.165) is 57.4 Å². The molecule has 0 spiro atoms. The highest BCUT2D eigenvalue weighted by atomic mass is 16.5. The van der Waals surface area contributed by atoms with E-state index in [-0.39, 0.29) is 23.7 Å². The average Bonchev–Trinajstić information content (AvgIpc) is 3.01. The molecule has 0 bridgehead atoms. The third-order valence-electron chi connectivity index (χ3n) is 9.07. The number of nitrogens with one attached hydrogen (secondary N) is 2. The monoisotopic (exact) mass is 584 g/mol. The molecule has 42 heavy (non-hydrogen) atoms. The lowest BCUT2D eigenvalue weighted by Crippen LogP contribution is -2.48. The molecule has 3 fully saturated rings. The van der Waals surface area contributed by atoms with Gasteiger partial charge in [0.1, 0.15) is 5.69 Å². The van der Waals surface area contributed by atoms with Gasteiger partial charge in [-0.25, -0.2) is 4.98 Å². The van der Waals surface area contributed by atoms with Gasteiger partial charge >= 0.3 is 0 Å². The lowest BCUT2D eigenvalue weighted by atomic mass is 9.86. The molecular weight excluding hydrogens is 532 g/mol. The molecule has 9 heteroatoms. The Morgan fingerprint density at radius 2 is 1.90 bits per heavy atom. The van der Waals surface area contributed by atoms with Crippen molar-refractivity contribution < 1.29 is 23.7 Å². The van der Waals surface area contributed by atoms with Gasteiger partial charge in [-0.15, -0.1) is 0 Å². The van der Waals surface area contributed by atoms with Crippen molar-refractivity contribution in [3.63, 3.8) is 0 Å². The molecule has 2 N–H and O–H groups in total. The largest absolute Gasteiger partial charge is 0.481 e. The predicted molar refractivity (Wildman–Crippen MR) is 166 cm³/mol. The second kappa shape index (κ2) is 15.3. The molecule has 0 aromatic carbocycles. The number of hydrogen-bond donors (Lipinski definition) is 2. The number of anilines is 1. The number of methoxy groups -OCH3 is 2. The number of ether oxygens (including phenoxy) is 4. The van der Waals surface area contributed by atoms with Gasteiger partial charge in [-0.1, -0.05) is 17.7 Å². The van der Waals surface area contributed by atoms with Crippen molar-refractivity contribution in [2.24, 2.45) is 5.92 Å². The number of pyridine rings is 1. The minimum absolute atomic E-state index is 0.0548. The van der Waals surface area contributed by atoms with E-state index in [1.165, 1.54) is 11.1 Å². The first-order chi connectivity index (χ1) is 20.2. The SMILES string of the molecule is COc1cc(NC[C@H]2CCCC(C)(/C(C)=C/C=C(C)C)O2)cc(C(=O)N2CCC(NC[C@H]3CCOC[C@H]3OC)CC2)n1. The standard InChI is InChI=1S/C33H52N4O5/c1-23(2)9-10-24(3)33(4)14-7-8-28(42-33)21-35-27-18-29(36-31(19-27)40-6)32(38)37-15-11-26(12-16-37)34-20-25-13-17-41-22-30(25)39-5/h9-10,18-19,25-26,28,30,34H,7-8,11-17,20-22H2,1-6H3,(H,35,36)/b24-10+/t25-,28-,30-,33?/m1/s1. The number of carbonyl (C=O) groups is 1. The molecule has 1 amide bonds. The number of aromatic nitrogens is 1. The number of hydrogen-bond acceptors (Lipinski definition) is 8. The van der Waals surface area contributed by atoms with Crippen LogP contribution < -0.4 is 15.4 Å². The zero-order valence-electron chi connectivity index (χ0n) is 26.5. The molecule has 0 saturated carbocycles. The number of nitrogens with zero attached hydrogens (tertiary/aromatic N) is 2. The Bertz CT molecular complexity index is 1100. The van der Waals surface area contributed by atoms with Crippen LogP contribution >= 0.6 is 0 Å². The summed E-state index contributed by atoms with van der Waals surface area (Å²) in [6.07, 6.45) is 10.5. The van der Waals surface area contributed by atoms with Crippen LogP contribution in [0, 0.1) is 5.92 Å². The van der Waals surface area contributed by atoms with Gasteiger partial charge in [0.05, 0.1) is 31.5 Å². The van der Waals surface area contributed by atoms with Crippen molar-refractivity contribution in [3.05, 3.63) is 41.1 Å². The molecular formula is C33H52N4O5. The maximum atomic E-state index is 13.5. The molecule has 3 aliphatic rings. The highest BCUT2D eigenvalue weighted by Gasteiger charge is 2.34. The molecule has 4 atom stereocenters. The Kier molecular flexibility index (Phi) is 11.8. The van der Waals surface area contributed by atoms with E-state index >= 15 is 0 Å². The molecule has 4 heterocycles. The second-order valence-corrected chi connectivity index (χ2v) is 12.5. The topological polar surface area (TPSA) is 94.2 Å². The van der Waals surface area contributed by atoms with Crippen LogP contribution in [0.25, 0.3) is 0 Å². The van der Waals surface area contributed by atoms with Crippen LogP contribution in [0.2, 0.25) is 0 Å². The van der Waals surface area contributed by atoms with Gasteiger partial charge in [0.2, 0.25) is 5.88 Å². The van der Waals surface area contributed by atoms with Crippen LogP contribution in [0.4, 0.5) is 5.69 Å². The second-order valence-electron chi connectivity index (χ2n) is 12.5. The molecule has 9 nitrogen and oxygen atoms in total. The normalized spacial score (nSPS) is 27.4. The summed E-state index contributed by atoms with van der Waals surface area (Å²) in [5, 5.41) is 7.22. The van der Waals surface area contributed by atoms with Crippen molar-refractivity contribution in [2.75, 3.05) is 58.9 Å². The van der Waals surface area contributed by atoms with E-state index in [9.17, 15) is 4.79 Å². The predicted octanol–water partition coefficient (Wildman–Crippen LogP) is 4.99. The molecule has 4 rings (SSSR count). The quantitative estimate of drug-likeness (QED) is 0.352. The van der Waals surface area contributed by atoms with Crippen LogP contribution in [0.15, 0.2) is 35.4 Å². The summed E-state index contributed by atoms with van der Waals surface area (Å²) in [5.41, 5.74) is 3.47. The number of rotatable bonds is 11. The summed E-state index contributed by atoms with van der Waals surface area (Å²) in [5.74, 6) is 0.839. The van der Waals surface area contributed by atoms with Gasteiger partial charge in [-0.2, -0.15) is 0 Å². The van der Waals surface area contributed by atoms with Crippen molar-refractivity contribution >= 4 is 11.6 Å². The van der Waals surface area contributed by atoms with E-state index in [1.54, 1.807) is 14.2 Å². The lowest BCUT2D eigenvalue weighted by molar-refractivity contribution is -0.0886. The van der Waals surface area contributed by atoms with Crippen LogP contribution in [-0.4, -0.2) is 93.3 Å². The van der Waals surface area contributed by atoms with Crippen LogP contribution in [0.3, 0.4) is 0 Å². The Hall–Kier alpha value is -2.46. The van der Waals surface area contributed by atoms with Crippen molar-refractivity contribution in [3.8, 4) is 5.88 Å². The van der Waals surface area contributed by atoms with Gasteiger partial charge in [0, 0.05) is 63.6 Å². The van der Waals surface area contributed by atoms with Crippen molar-refractivity contribution in [1.82, 2.24) is 15.2 Å². The molecule has 1 aromatic rings. The van der Waals surface area contributed by atoms with Crippen LogP contribution in [0.5, 0.6) is 5.88 Å². The van der Waals surface area contributed by atoms with Crippen LogP contribution in [-0.2, 0) is 14.2 Å². The summed E-state index contributed by atoms with van der Waals surface area (Å²) < 4.78 is 23.2. The van der Waals surface area contributed by atoms with Gasteiger partial charge in [0.25, 0.3) is 5.91 Å². The third kappa shape index (κ3) is 8.78. The first-order valence-corrected chi connectivity index (χ1v) is 15.6. The van der Waals surface area contributed by atoms with Gasteiger partial charge in [-0.05, 0) is 77.9 Å². The molecule has 234 valence electrons. The van der Waals surface area contributed by atoms with E-state index in [4.69, 9.17) is 18.9 Å². The van der Waals surface area contributed by atoms with E-state index in [1.807, 2.05) is 17.0 Å².